The molecular formula is C10H17NO2. The van der Waals surface area contributed by atoms with Gasteiger partial charge >= 0.3 is 6.09 Å². The van der Waals surface area contributed by atoms with Gasteiger partial charge in [-0.25, -0.2) is 4.79 Å². The zero-order valence-corrected chi connectivity index (χ0v) is 8.54. The second kappa shape index (κ2) is 2.63. The lowest BCUT2D eigenvalue weighted by Gasteiger charge is -2.25. The summed E-state index contributed by atoms with van der Waals surface area (Å²) in [4.78, 5) is 13.5. The summed E-state index contributed by atoms with van der Waals surface area (Å²) in [5.74, 6) is 0.785. The number of rotatable bonds is 0. The number of piperidine rings is 1. The molecule has 0 aromatic rings. The molecule has 2 fully saturated rings. The highest BCUT2D eigenvalue weighted by molar-refractivity contribution is 5.69. The van der Waals surface area contributed by atoms with Crippen molar-refractivity contribution in [1.82, 2.24) is 4.90 Å². The fraction of sp³-hybridized carbons (Fsp3) is 0.900. The molecule has 2 atom stereocenters. The molecule has 1 saturated carbocycles. The number of nitrogens with zero attached hydrogens (tertiary/aromatic N) is 1. The quantitative estimate of drug-likeness (QED) is 0.575. The van der Waals surface area contributed by atoms with Crippen molar-refractivity contribution in [2.45, 2.75) is 45.3 Å². The highest BCUT2D eigenvalue weighted by Gasteiger charge is 2.49. The van der Waals surface area contributed by atoms with Crippen LogP contribution >= 0.6 is 0 Å². The molecular weight excluding hydrogens is 166 g/mol. The van der Waals surface area contributed by atoms with Crippen molar-refractivity contribution in [2.75, 3.05) is 6.54 Å². The van der Waals surface area contributed by atoms with E-state index in [2.05, 4.69) is 0 Å². The van der Waals surface area contributed by atoms with Crippen molar-refractivity contribution in [3.8, 4) is 0 Å². The van der Waals surface area contributed by atoms with E-state index in [1.807, 2.05) is 25.7 Å². The summed E-state index contributed by atoms with van der Waals surface area (Å²) < 4.78 is 5.31. The van der Waals surface area contributed by atoms with Gasteiger partial charge in [0.2, 0.25) is 0 Å². The van der Waals surface area contributed by atoms with Crippen LogP contribution in [0.3, 0.4) is 0 Å². The summed E-state index contributed by atoms with van der Waals surface area (Å²) in [6.07, 6.45) is 2.24. The Balaban J connectivity index is 1.90. The number of likely N-dealkylation sites (tertiary alicyclic amines) is 1. The largest absolute Gasteiger partial charge is 0.444 e. The molecule has 0 aromatic heterocycles. The average molecular weight is 183 g/mol. The van der Waals surface area contributed by atoms with E-state index in [0.29, 0.717) is 6.04 Å². The van der Waals surface area contributed by atoms with Crippen molar-refractivity contribution >= 4 is 6.09 Å². The van der Waals surface area contributed by atoms with Gasteiger partial charge in [0.25, 0.3) is 0 Å². The maximum Gasteiger partial charge on any atom is 0.410 e. The van der Waals surface area contributed by atoms with Crippen molar-refractivity contribution in [3.05, 3.63) is 0 Å². The van der Waals surface area contributed by atoms with Crippen LogP contribution < -0.4 is 0 Å². The molecule has 3 nitrogen and oxygen atoms in total. The van der Waals surface area contributed by atoms with E-state index in [-0.39, 0.29) is 11.7 Å². The Morgan fingerprint density at radius 3 is 2.54 bits per heavy atom. The Morgan fingerprint density at radius 2 is 2.15 bits per heavy atom. The number of hydrogen-bond acceptors (Lipinski definition) is 2. The van der Waals surface area contributed by atoms with Crippen LogP contribution in [0.5, 0.6) is 0 Å². The Kier molecular flexibility index (Phi) is 1.79. The summed E-state index contributed by atoms with van der Waals surface area (Å²) >= 11 is 0. The molecule has 0 N–H and O–H groups in total. The number of fused-ring (bicyclic) bond motifs is 1. The highest BCUT2D eigenvalue weighted by atomic mass is 16.6. The zero-order chi connectivity index (χ0) is 9.64. The summed E-state index contributed by atoms with van der Waals surface area (Å²) in [7, 11) is 0. The third-order valence-electron chi connectivity index (χ3n) is 2.65. The lowest BCUT2D eigenvalue weighted by atomic mass is 10.2. The van der Waals surface area contributed by atoms with Crippen LogP contribution in [-0.4, -0.2) is 29.2 Å². The number of ether oxygens (including phenoxy) is 1. The molecule has 2 rings (SSSR count). The number of hydrogen-bond donors (Lipinski definition) is 0. The summed E-state index contributed by atoms with van der Waals surface area (Å²) in [6, 6.07) is 0.509. The van der Waals surface area contributed by atoms with Crippen LogP contribution in [0.25, 0.3) is 0 Å². The molecule has 0 aromatic carbocycles. The van der Waals surface area contributed by atoms with E-state index in [4.69, 9.17) is 4.74 Å². The van der Waals surface area contributed by atoms with Gasteiger partial charge in [-0.2, -0.15) is 0 Å². The lowest BCUT2D eigenvalue weighted by Crippen LogP contribution is -2.36. The first-order valence-electron chi connectivity index (χ1n) is 4.97. The van der Waals surface area contributed by atoms with Crippen molar-refractivity contribution in [1.29, 1.82) is 0 Å². The van der Waals surface area contributed by atoms with Crippen molar-refractivity contribution in [3.63, 3.8) is 0 Å². The molecule has 1 heterocycles. The maximum atomic E-state index is 11.6. The molecule has 1 saturated heterocycles. The van der Waals surface area contributed by atoms with E-state index >= 15 is 0 Å². The van der Waals surface area contributed by atoms with Crippen LogP contribution in [0.1, 0.15) is 33.6 Å². The molecule has 2 aliphatic rings. The molecule has 0 bridgehead atoms. The first kappa shape index (κ1) is 8.85. The van der Waals surface area contributed by atoms with Crippen LogP contribution in [0, 0.1) is 5.92 Å². The van der Waals surface area contributed by atoms with Crippen LogP contribution in [0.15, 0.2) is 0 Å². The van der Waals surface area contributed by atoms with Gasteiger partial charge < -0.3 is 9.64 Å². The molecule has 1 aliphatic heterocycles. The van der Waals surface area contributed by atoms with Gasteiger partial charge in [-0.05, 0) is 39.5 Å². The average Bonchev–Trinajstić information content (AvgIpc) is 2.59. The smallest absolute Gasteiger partial charge is 0.410 e. The molecule has 0 spiro atoms. The minimum absolute atomic E-state index is 0.127. The van der Waals surface area contributed by atoms with Crippen molar-refractivity contribution in [2.24, 2.45) is 5.92 Å². The Hall–Kier alpha value is -0.730. The monoisotopic (exact) mass is 183 g/mol. The molecule has 1 amide bonds. The van der Waals surface area contributed by atoms with Gasteiger partial charge in [0.05, 0.1) is 0 Å². The van der Waals surface area contributed by atoms with Gasteiger partial charge in [0.1, 0.15) is 5.60 Å². The minimum atomic E-state index is -0.357. The molecule has 3 heteroatoms. The van der Waals surface area contributed by atoms with Crippen LogP contribution in [0.4, 0.5) is 4.79 Å². The van der Waals surface area contributed by atoms with E-state index < -0.39 is 0 Å². The maximum absolute atomic E-state index is 11.6. The predicted octanol–water partition coefficient (Wildman–Crippen LogP) is 2.02. The van der Waals surface area contributed by atoms with Gasteiger partial charge in [0, 0.05) is 12.6 Å². The molecule has 74 valence electrons. The number of carbonyl (C=O) groups is 1. The molecule has 2 unspecified atom stereocenters. The molecule has 0 radical (unpaired) electrons. The first-order valence-corrected chi connectivity index (χ1v) is 4.97. The summed E-state index contributed by atoms with van der Waals surface area (Å²) in [5.41, 5.74) is -0.357. The Labute approximate surface area is 79.0 Å². The zero-order valence-electron chi connectivity index (χ0n) is 8.54. The minimum Gasteiger partial charge on any atom is -0.444 e. The topological polar surface area (TPSA) is 29.5 Å². The van der Waals surface area contributed by atoms with Crippen molar-refractivity contribution < 1.29 is 9.53 Å². The van der Waals surface area contributed by atoms with E-state index in [1.54, 1.807) is 0 Å². The second-order valence-corrected chi connectivity index (χ2v) is 5.03. The van der Waals surface area contributed by atoms with Crippen LogP contribution in [0.2, 0.25) is 0 Å². The number of carbonyl (C=O) groups excluding carboxylic acids is 1. The fourth-order valence-electron chi connectivity index (χ4n) is 1.94. The third kappa shape index (κ3) is 1.79. The fourth-order valence-corrected chi connectivity index (χ4v) is 1.94. The van der Waals surface area contributed by atoms with E-state index in [9.17, 15) is 4.79 Å². The Bertz CT molecular complexity index is 232. The van der Waals surface area contributed by atoms with Gasteiger partial charge in [0.15, 0.2) is 0 Å². The third-order valence-corrected chi connectivity index (χ3v) is 2.65. The highest BCUT2D eigenvalue weighted by Crippen LogP contribution is 2.44. The SMILES string of the molecule is CC(C)(C)OC(=O)N1CCC2CC21. The normalized spacial score (nSPS) is 31.5. The predicted molar refractivity (Wildman–Crippen MR) is 49.5 cm³/mol. The van der Waals surface area contributed by atoms with E-state index in [1.165, 1.54) is 12.8 Å². The van der Waals surface area contributed by atoms with Gasteiger partial charge in [-0.1, -0.05) is 0 Å². The summed E-state index contributed by atoms with van der Waals surface area (Å²) in [6.45, 7) is 6.62. The lowest BCUT2D eigenvalue weighted by molar-refractivity contribution is 0.0264. The number of amides is 1. The first-order chi connectivity index (χ1) is 5.97. The second-order valence-electron chi connectivity index (χ2n) is 5.03. The summed E-state index contributed by atoms with van der Waals surface area (Å²) in [5, 5.41) is 0. The van der Waals surface area contributed by atoms with E-state index in [0.717, 1.165) is 12.5 Å². The standard InChI is InChI=1S/C10H17NO2/c1-10(2,3)13-9(12)11-5-4-7-6-8(7)11/h7-8H,4-6H2,1-3H3. The van der Waals surface area contributed by atoms with Crippen LogP contribution in [-0.2, 0) is 4.74 Å². The molecule has 1 aliphatic carbocycles. The Morgan fingerprint density at radius 1 is 1.46 bits per heavy atom. The van der Waals surface area contributed by atoms with Gasteiger partial charge in [-0.15, -0.1) is 0 Å². The van der Waals surface area contributed by atoms with Gasteiger partial charge in [-0.3, -0.25) is 0 Å². The molecule has 13 heavy (non-hydrogen) atoms.